The SMILES string of the molecule is CC(C)(C)C(Br)CCC1CCOC2(CCSCC2)C1. The lowest BCUT2D eigenvalue weighted by molar-refractivity contribution is -0.103. The molecule has 112 valence electrons. The summed E-state index contributed by atoms with van der Waals surface area (Å²) in [6.07, 6.45) is 7.83. The van der Waals surface area contributed by atoms with E-state index < -0.39 is 0 Å². The molecule has 0 aromatic rings. The first-order valence-electron chi connectivity index (χ1n) is 7.77. The van der Waals surface area contributed by atoms with E-state index in [-0.39, 0.29) is 5.60 Å². The minimum absolute atomic E-state index is 0.262. The molecule has 19 heavy (non-hydrogen) atoms. The van der Waals surface area contributed by atoms with Crippen molar-refractivity contribution in [2.45, 2.75) is 69.7 Å². The third-order valence-electron chi connectivity index (χ3n) is 4.77. The molecule has 2 unspecified atom stereocenters. The molecule has 2 rings (SSSR count). The van der Waals surface area contributed by atoms with Gasteiger partial charge in [0.25, 0.3) is 0 Å². The van der Waals surface area contributed by atoms with Crippen molar-refractivity contribution in [3.05, 3.63) is 0 Å². The molecule has 2 heterocycles. The Bertz CT molecular complexity index is 275. The van der Waals surface area contributed by atoms with Crippen LogP contribution in [-0.2, 0) is 4.74 Å². The van der Waals surface area contributed by atoms with Crippen molar-refractivity contribution in [1.82, 2.24) is 0 Å². The van der Waals surface area contributed by atoms with Gasteiger partial charge in [-0.3, -0.25) is 0 Å². The average Bonchev–Trinajstić information content (AvgIpc) is 2.36. The van der Waals surface area contributed by atoms with Crippen LogP contribution >= 0.6 is 27.7 Å². The Kier molecular flexibility index (Phi) is 5.70. The van der Waals surface area contributed by atoms with Gasteiger partial charge >= 0.3 is 0 Å². The molecular formula is C16H29BrOS. The molecule has 0 aromatic heterocycles. The molecule has 1 nitrogen and oxygen atoms in total. The number of ether oxygens (including phenoxy) is 1. The zero-order valence-electron chi connectivity index (χ0n) is 12.7. The van der Waals surface area contributed by atoms with Crippen LogP contribution in [0.15, 0.2) is 0 Å². The number of hydrogen-bond donors (Lipinski definition) is 0. The topological polar surface area (TPSA) is 9.23 Å². The van der Waals surface area contributed by atoms with Crippen molar-refractivity contribution in [2.24, 2.45) is 11.3 Å². The molecule has 0 aliphatic carbocycles. The van der Waals surface area contributed by atoms with Gasteiger partial charge in [-0.1, -0.05) is 36.7 Å². The molecule has 3 heteroatoms. The van der Waals surface area contributed by atoms with E-state index in [1.54, 1.807) is 0 Å². The smallest absolute Gasteiger partial charge is 0.0700 e. The van der Waals surface area contributed by atoms with E-state index >= 15 is 0 Å². The third kappa shape index (κ3) is 4.64. The van der Waals surface area contributed by atoms with Crippen molar-refractivity contribution in [3.63, 3.8) is 0 Å². The lowest BCUT2D eigenvalue weighted by Crippen LogP contribution is -2.43. The van der Waals surface area contributed by atoms with Crippen LogP contribution in [0.4, 0.5) is 0 Å². The van der Waals surface area contributed by atoms with Gasteiger partial charge < -0.3 is 4.74 Å². The number of thioether (sulfide) groups is 1. The van der Waals surface area contributed by atoms with Gasteiger partial charge in [-0.05, 0) is 61.4 Å². The van der Waals surface area contributed by atoms with Gasteiger partial charge in [-0.25, -0.2) is 0 Å². The van der Waals surface area contributed by atoms with Gasteiger partial charge in [-0.2, -0.15) is 11.8 Å². The summed E-state index contributed by atoms with van der Waals surface area (Å²) in [5.74, 6) is 3.49. The minimum Gasteiger partial charge on any atom is -0.375 e. The van der Waals surface area contributed by atoms with E-state index in [0.717, 1.165) is 12.5 Å². The normalized spacial score (nSPS) is 29.4. The van der Waals surface area contributed by atoms with E-state index in [1.807, 2.05) is 0 Å². The highest BCUT2D eigenvalue weighted by Gasteiger charge is 2.38. The molecule has 0 radical (unpaired) electrons. The molecule has 2 fully saturated rings. The molecule has 0 N–H and O–H groups in total. The molecule has 2 aliphatic rings. The summed E-state index contributed by atoms with van der Waals surface area (Å²) >= 11 is 5.98. The Labute approximate surface area is 131 Å². The maximum absolute atomic E-state index is 6.19. The highest BCUT2D eigenvalue weighted by Crippen LogP contribution is 2.42. The van der Waals surface area contributed by atoms with E-state index in [0.29, 0.717) is 10.2 Å². The Balaban J connectivity index is 1.81. The standard InChI is InChI=1S/C16H29BrOS/c1-15(2,3)14(17)5-4-13-6-9-18-16(12-13)7-10-19-11-8-16/h13-14H,4-12H2,1-3H3. The molecule has 1 spiro atoms. The Morgan fingerprint density at radius 2 is 2.00 bits per heavy atom. The second-order valence-electron chi connectivity index (χ2n) is 7.41. The summed E-state index contributed by atoms with van der Waals surface area (Å²) < 4.78 is 6.19. The monoisotopic (exact) mass is 348 g/mol. The maximum Gasteiger partial charge on any atom is 0.0700 e. The molecule has 2 atom stereocenters. The predicted octanol–water partition coefficient (Wildman–Crippen LogP) is 5.27. The van der Waals surface area contributed by atoms with Crippen molar-refractivity contribution < 1.29 is 4.74 Å². The van der Waals surface area contributed by atoms with Gasteiger partial charge in [0.1, 0.15) is 0 Å². The minimum atomic E-state index is 0.262. The van der Waals surface area contributed by atoms with Crippen molar-refractivity contribution in [3.8, 4) is 0 Å². The zero-order chi connectivity index (χ0) is 13.9. The summed E-state index contributed by atoms with van der Waals surface area (Å²) in [7, 11) is 0. The van der Waals surface area contributed by atoms with Gasteiger partial charge in [0.05, 0.1) is 5.60 Å². The van der Waals surface area contributed by atoms with E-state index in [1.165, 1.54) is 50.0 Å². The molecule has 0 amide bonds. The van der Waals surface area contributed by atoms with Crippen LogP contribution in [0.5, 0.6) is 0 Å². The fourth-order valence-electron chi connectivity index (χ4n) is 3.28. The summed E-state index contributed by atoms with van der Waals surface area (Å²) in [4.78, 5) is 0.640. The van der Waals surface area contributed by atoms with Crippen LogP contribution in [0.3, 0.4) is 0 Å². The lowest BCUT2D eigenvalue weighted by atomic mass is 9.78. The van der Waals surface area contributed by atoms with Gasteiger partial charge in [0, 0.05) is 11.4 Å². The molecule has 0 aromatic carbocycles. The number of halogens is 1. The molecule has 0 bridgehead atoms. The molecule has 2 saturated heterocycles. The first-order valence-corrected chi connectivity index (χ1v) is 9.84. The van der Waals surface area contributed by atoms with Gasteiger partial charge in [-0.15, -0.1) is 0 Å². The first-order chi connectivity index (χ1) is 8.91. The summed E-state index contributed by atoms with van der Waals surface area (Å²) in [6, 6.07) is 0. The fraction of sp³-hybridized carbons (Fsp3) is 1.00. The highest BCUT2D eigenvalue weighted by atomic mass is 79.9. The number of alkyl halides is 1. The maximum atomic E-state index is 6.19. The molecular weight excluding hydrogens is 320 g/mol. The van der Waals surface area contributed by atoms with Crippen LogP contribution in [0, 0.1) is 11.3 Å². The van der Waals surface area contributed by atoms with Crippen LogP contribution in [0.2, 0.25) is 0 Å². The molecule has 2 aliphatic heterocycles. The predicted molar refractivity (Wildman–Crippen MR) is 89.4 cm³/mol. The highest BCUT2D eigenvalue weighted by molar-refractivity contribution is 9.09. The Morgan fingerprint density at radius 1 is 1.32 bits per heavy atom. The van der Waals surface area contributed by atoms with Crippen LogP contribution in [-0.4, -0.2) is 28.5 Å². The quantitative estimate of drug-likeness (QED) is 0.642. The first kappa shape index (κ1) is 16.2. The van der Waals surface area contributed by atoms with Gasteiger partial charge in [0.2, 0.25) is 0 Å². The summed E-state index contributed by atoms with van der Waals surface area (Å²) in [5.41, 5.74) is 0.641. The molecule has 0 saturated carbocycles. The zero-order valence-corrected chi connectivity index (χ0v) is 15.1. The van der Waals surface area contributed by atoms with Crippen LogP contribution < -0.4 is 0 Å². The number of hydrogen-bond acceptors (Lipinski definition) is 2. The average molecular weight is 349 g/mol. The Morgan fingerprint density at radius 3 is 2.63 bits per heavy atom. The number of rotatable bonds is 3. The summed E-state index contributed by atoms with van der Waals surface area (Å²) in [5, 5.41) is 0. The summed E-state index contributed by atoms with van der Waals surface area (Å²) in [6.45, 7) is 7.99. The third-order valence-corrected chi connectivity index (χ3v) is 7.58. The Hall–Kier alpha value is 0.790. The van der Waals surface area contributed by atoms with Crippen LogP contribution in [0.1, 0.15) is 59.3 Å². The lowest BCUT2D eigenvalue weighted by Gasteiger charge is -2.43. The van der Waals surface area contributed by atoms with E-state index in [9.17, 15) is 0 Å². The fourth-order valence-corrected chi connectivity index (χ4v) is 4.78. The second kappa shape index (κ2) is 6.70. The van der Waals surface area contributed by atoms with E-state index in [4.69, 9.17) is 4.74 Å². The largest absolute Gasteiger partial charge is 0.375 e. The van der Waals surface area contributed by atoms with Crippen molar-refractivity contribution in [1.29, 1.82) is 0 Å². The van der Waals surface area contributed by atoms with E-state index in [2.05, 4.69) is 48.5 Å². The van der Waals surface area contributed by atoms with Crippen molar-refractivity contribution in [2.75, 3.05) is 18.1 Å². The second-order valence-corrected chi connectivity index (χ2v) is 9.74. The van der Waals surface area contributed by atoms with Gasteiger partial charge in [0.15, 0.2) is 0 Å². The van der Waals surface area contributed by atoms with Crippen LogP contribution in [0.25, 0.3) is 0 Å². The van der Waals surface area contributed by atoms with Crippen molar-refractivity contribution >= 4 is 27.7 Å².